The monoisotopic (exact) mass is 477 g/mol. The number of carbonyl (C=O) groups excluding carboxylic acids is 2. The summed E-state index contributed by atoms with van der Waals surface area (Å²) >= 11 is 1.18. The number of anilines is 1. The predicted octanol–water partition coefficient (Wildman–Crippen LogP) is 6.04. The van der Waals surface area contributed by atoms with Crippen LogP contribution in [0.4, 0.5) is 10.7 Å². The van der Waals surface area contributed by atoms with Gasteiger partial charge in [0.1, 0.15) is 16.3 Å². The second-order valence-corrected chi connectivity index (χ2v) is 8.45. The van der Waals surface area contributed by atoms with Gasteiger partial charge in [-0.3, -0.25) is 14.9 Å². The first kappa shape index (κ1) is 23.2. The van der Waals surface area contributed by atoms with Crippen molar-refractivity contribution in [2.45, 2.75) is 27.3 Å². The minimum absolute atomic E-state index is 0.0906. The molecule has 0 aliphatic rings. The number of nitrogens with zero attached hydrogens (tertiary/aromatic N) is 2. The van der Waals surface area contributed by atoms with Gasteiger partial charge in [0, 0.05) is 40.5 Å². The lowest BCUT2D eigenvalue weighted by Gasteiger charge is -2.11. The molecule has 0 saturated carbocycles. The van der Waals surface area contributed by atoms with E-state index in [1.54, 1.807) is 24.4 Å². The van der Waals surface area contributed by atoms with Gasteiger partial charge in [-0.25, -0.2) is 4.79 Å². The maximum absolute atomic E-state index is 13.4. The Balaban J connectivity index is 1.79. The van der Waals surface area contributed by atoms with Crippen molar-refractivity contribution < 1.29 is 19.2 Å². The third kappa shape index (κ3) is 4.06. The third-order valence-corrected chi connectivity index (χ3v) is 6.52. The van der Waals surface area contributed by atoms with Crippen LogP contribution in [0.1, 0.15) is 40.3 Å². The average Bonchev–Trinajstić information content (AvgIpc) is 3.38. The fraction of sp³-hybridized carbons (Fsp3) is 0.200. The van der Waals surface area contributed by atoms with Gasteiger partial charge in [0.05, 0.1) is 11.5 Å². The van der Waals surface area contributed by atoms with E-state index in [4.69, 9.17) is 4.74 Å². The van der Waals surface area contributed by atoms with Crippen LogP contribution >= 0.6 is 11.3 Å². The number of thiophene rings is 1. The quantitative estimate of drug-likeness (QED) is 0.199. The van der Waals surface area contributed by atoms with Crippen molar-refractivity contribution in [2.24, 2.45) is 0 Å². The molecule has 1 N–H and O–H groups in total. The second-order valence-electron chi connectivity index (χ2n) is 7.57. The number of aromatic nitrogens is 1. The second kappa shape index (κ2) is 9.48. The molecular weight excluding hydrogens is 454 g/mol. The minimum Gasteiger partial charge on any atom is -0.462 e. The first-order chi connectivity index (χ1) is 16.4. The summed E-state index contributed by atoms with van der Waals surface area (Å²) in [4.78, 5) is 37.1. The number of para-hydroxylation sites is 1. The number of carbonyl (C=O) groups is 2. The number of rotatable bonds is 7. The highest BCUT2D eigenvalue weighted by Crippen LogP contribution is 2.38. The number of non-ortho nitro benzene ring substituents is 1. The summed E-state index contributed by atoms with van der Waals surface area (Å²) in [5.74, 6) is -0.943. The fourth-order valence-corrected chi connectivity index (χ4v) is 5.07. The van der Waals surface area contributed by atoms with E-state index >= 15 is 0 Å². The van der Waals surface area contributed by atoms with E-state index in [9.17, 15) is 19.7 Å². The van der Waals surface area contributed by atoms with Gasteiger partial charge in [-0.15, -0.1) is 11.3 Å². The van der Waals surface area contributed by atoms with Crippen LogP contribution in [0.5, 0.6) is 0 Å². The normalized spacial score (nSPS) is 10.9. The third-order valence-electron chi connectivity index (χ3n) is 5.62. The zero-order valence-corrected chi connectivity index (χ0v) is 19.8. The van der Waals surface area contributed by atoms with Crippen LogP contribution in [0.3, 0.4) is 0 Å². The number of amides is 1. The summed E-state index contributed by atoms with van der Waals surface area (Å²) in [5, 5.41) is 17.1. The van der Waals surface area contributed by atoms with E-state index in [2.05, 4.69) is 5.32 Å². The van der Waals surface area contributed by atoms with Crippen LogP contribution in [-0.4, -0.2) is 28.0 Å². The molecule has 0 aliphatic carbocycles. The van der Waals surface area contributed by atoms with Crippen LogP contribution < -0.4 is 5.32 Å². The van der Waals surface area contributed by atoms with Crippen molar-refractivity contribution in [2.75, 3.05) is 11.9 Å². The van der Waals surface area contributed by atoms with Gasteiger partial charge in [0.2, 0.25) is 0 Å². The van der Waals surface area contributed by atoms with Gasteiger partial charge in [0.25, 0.3) is 11.6 Å². The molecule has 0 unspecified atom stereocenters. The molecule has 0 radical (unpaired) electrons. The molecule has 2 aromatic carbocycles. The minimum atomic E-state index is -0.603. The SMILES string of the molecule is CCOC(=O)c1c(-c2cccc([N+](=O)[O-])c2)csc1NC(=O)c1c(C)c2ccccc2n1CC. The Labute approximate surface area is 199 Å². The number of benzene rings is 2. The number of nitro benzene ring substituents is 1. The molecule has 1 amide bonds. The van der Waals surface area contributed by atoms with Gasteiger partial charge in [-0.1, -0.05) is 30.3 Å². The van der Waals surface area contributed by atoms with E-state index in [1.807, 2.05) is 42.7 Å². The molecule has 0 fully saturated rings. The van der Waals surface area contributed by atoms with Gasteiger partial charge >= 0.3 is 5.97 Å². The molecule has 8 nitrogen and oxygen atoms in total. The van der Waals surface area contributed by atoms with Crippen LogP contribution in [0, 0.1) is 17.0 Å². The summed E-state index contributed by atoms with van der Waals surface area (Å²) in [6, 6.07) is 13.8. The molecule has 2 aromatic heterocycles. The number of ether oxygens (including phenoxy) is 1. The number of fused-ring (bicyclic) bond motifs is 1. The number of nitro groups is 1. The Bertz CT molecular complexity index is 1420. The number of aryl methyl sites for hydroxylation is 2. The number of hydrogen-bond acceptors (Lipinski definition) is 6. The van der Waals surface area contributed by atoms with Crippen molar-refractivity contribution in [1.29, 1.82) is 0 Å². The molecule has 0 spiro atoms. The maximum Gasteiger partial charge on any atom is 0.341 e. The topological polar surface area (TPSA) is 103 Å². The first-order valence-corrected chi connectivity index (χ1v) is 11.7. The lowest BCUT2D eigenvalue weighted by Crippen LogP contribution is -2.19. The van der Waals surface area contributed by atoms with E-state index in [1.165, 1.54) is 23.5 Å². The smallest absolute Gasteiger partial charge is 0.341 e. The Morgan fingerprint density at radius 3 is 2.62 bits per heavy atom. The Hall–Kier alpha value is -3.98. The first-order valence-electron chi connectivity index (χ1n) is 10.8. The van der Waals surface area contributed by atoms with Crippen LogP contribution in [-0.2, 0) is 11.3 Å². The number of esters is 1. The van der Waals surface area contributed by atoms with E-state index in [0.717, 1.165) is 16.5 Å². The molecule has 0 aliphatic heterocycles. The predicted molar refractivity (Wildman–Crippen MR) is 133 cm³/mol. The molecule has 0 saturated heterocycles. The van der Waals surface area contributed by atoms with Gasteiger partial charge < -0.3 is 14.6 Å². The van der Waals surface area contributed by atoms with Crippen LogP contribution in [0.25, 0.3) is 22.0 Å². The van der Waals surface area contributed by atoms with Crippen molar-refractivity contribution in [3.63, 3.8) is 0 Å². The largest absolute Gasteiger partial charge is 0.462 e. The summed E-state index contributed by atoms with van der Waals surface area (Å²) in [5.41, 5.74) is 3.38. The van der Waals surface area contributed by atoms with Crippen molar-refractivity contribution in [1.82, 2.24) is 4.57 Å². The fourth-order valence-electron chi connectivity index (χ4n) is 4.12. The summed E-state index contributed by atoms with van der Waals surface area (Å²) < 4.78 is 7.19. The standard InChI is InChI=1S/C25H23N3O5S/c1-4-27-20-12-7-6-11-18(20)15(3)22(27)23(29)26-24-21(25(30)33-5-2)19(14-34-24)16-9-8-10-17(13-16)28(31)32/h6-14H,4-5H2,1-3H3,(H,26,29). The molecule has 0 atom stereocenters. The van der Waals surface area contributed by atoms with Gasteiger partial charge in [-0.05, 0) is 38.0 Å². The highest BCUT2D eigenvalue weighted by atomic mass is 32.1. The Morgan fingerprint density at radius 1 is 1.15 bits per heavy atom. The molecule has 9 heteroatoms. The summed E-state index contributed by atoms with van der Waals surface area (Å²) in [6.07, 6.45) is 0. The summed E-state index contributed by atoms with van der Waals surface area (Å²) in [6.45, 7) is 6.32. The lowest BCUT2D eigenvalue weighted by atomic mass is 10.0. The maximum atomic E-state index is 13.4. The van der Waals surface area contributed by atoms with Crippen molar-refractivity contribution >= 4 is 44.8 Å². The summed E-state index contributed by atoms with van der Waals surface area (Å²) in [7, 11) is 0. The molecule has 174 valence electrons. The molecular formula is C25H23N3O5S. The average molecular weight is 478 g/mol. The number of nitrogens with one attached hydrogen (secondary N) is 1. The van der Waals surface area contributed by atoms with Crippen molar-refractivity contribution in [3.05, 3.63) is 80.8 Å². The zero-order chi connectivity index (χ0) is 24.4. The number of hydrogen-bond donors (Lipinski definition) is 1. The molecule has 2 heterocycles. The molecule has 34 heavy (non-hydrogen) atoms. The Kier molecular flexibility index (Phi) is 6.47. The van der Waals surface area contributed by atoms with Gasteiger partial charge in [-0.2, -0.15) is 0 Å². The molecule has 4 rings (SSSR count). The lowest BCUT2D eigenvalue weighted by molar-refractivity contribution is -0.384. The highest BCUT2D eigenvalue weighted by molar-refractivity contribution is 7.15. The van der Waals surface area contributed by atoms with Crippen molar-refractivity contribution in [3.8, 4) is 11.1 Å². The van der Waals surface area contributed by atoms with E-state index < -0.39 is 10.9 Å². The van der Waals surface area contributed by atoms with Crippen LogP contribution in [0.15, 0.2) is 53.9 Å². The highest BCUT2D eigenvalue weighted by Gasteiger charge is 2.26. The molecule has 0 bridgehead atoms. The van der Waals surface area contributed by atoms with Crippen LogP contribution in [0.2, 0.25) is 0 Å². The Morgan fingerprint density at radius 2 is 1.91 bits per heavy atom. The van der Waals surface area contributed by atoms with Gasteiger partial charge in [0.15, 0.2) is 0 Å². The van der Waals surface area contributed by atoms with E-state index in [0.29, 0.717) is 28.4 Å². The zero-order valence-electron chi connectivity index (χ0n) is 19.0. The van der Waals surface area contributed by atoms with E-state index in [-0.39, 0.29) is 23.8 Å². The molecule has 4 aromatic rings.